The molecule has 0 heterocycles. The maximum Gasteiger partial charge on any atom is 0.119 e. The SMILES string of the molecule is CC(C)CCOc1ccc(C(C)NCC2CCCCC2)cc1. The molecule has 1 saturated carbocycles. The van der Waals surface area contributed by atoms with Crippen LogP contribution < -0.4 is 10.1 Å². The molecule has 22 heavy (non-hydrogen) atoms. The van der Waals surface area contributed by atoms with E-state index in [1.165, 1.54) is 37.7 Å². The number of rotatable bonds is 8. The summed E-state index contributed by atoms with van der Waals surface area (Å²) in [6.07, 6.45) is 8.20. The second-order valence-electron chi connectivity index (χ2n) is 7.23. The van der Waals surface area contributed by atoms with Crippen molar-refractivity contribution in [3.05, 3.63) is 29.8 Å². The lowest BCUT2D eigenvalue weighted by atomic mass is 9.89. The van der Waals surface area contributed by atoms with E-state index in [2.05, 4.69) is 50.4 Å². The second-order valence-corrected chi connectivity index (χ2v) is 7.23. The number of nitrogens with one attached hydrogen (secondary N) is 1. The first-order valence-corrected chi connectivity index (χ1v) is 9.11. The predicted molar refractivity (Wildman–Crippen MR) is 94.4 cm³/mol. The molecule has 1 aliphatic rings. The molecule has 0 bridgehead atoms. The molecule has 0 aliphatic heterocycles. The van der Waals surface area contributed by atoms with Crippen molar-refractivity contribution in [3.63, 3.8) is 0 Å². The highest BCUT2D eigenvalue weighted by Crippen LogP contribution is 2.24. The normalized spacial score (nSPS) is 17.6. The predicted octanol–water partition coefficient (Wildman–Crippen LogP) is 5.34. The Morgan fingerprint density at radius 3 is 2.36 bits per heavy atom. The Labute approximate surface area is 136 Å². The van der Waals surface area contributed by atoms with Crippen LogP contribution in [0.3, 0.4) is 0 Å². The lowest BCUT2D eigenvalue weighted by molar-refractivity contribution is 0.289. The van der Waals surface area contributed by atoms with Crippen molar-refractivity contribution in [1.82, 2.24) is 5.32 Å². The second kappa shape index (κ2) is 9.19. The summed E-state index contributed by atoms with van der Waals surface area (Å²) in [5, 5.41) is 3.71. The molecule has 2 rings (SSSR count). The van der Waals surface area contributed by atoms with Crippen molar-refractivity contribution in [2.45, 2.75) is 65.3 Å². The summed E-state index contributed by atoms with van der Waals surface area (Å²) in [7, 11) is 0. The average molecular weight is 303 g/mol. The van der Waals surface area contributed by atoms with Gasteiger partial charge in [-0.25, -0.2) is 0 Å². The molecule has 1 aromatic rings. The fourth-order valence-corrected chi connectivity index (χ4v) is 3.12. The summed E-state index contributed by atoms with van der Waals surface area (Å²) in [5.41, 5.74) is 1.35. The van der Waals surface area contributed by atoms with E-state index in [0.29, 0.717) is 12.0 Å². The van der Waals surface area contributed by atoms with Gasteiger partial charge in [0.05, 0.1) is 6.61 Å². The van der Waals surface area contributed by atoms with Gasteiger partial charge < -0.3 is 10.1 Å². The van der Waals surface area contributed by atoms with Gasteiger partial charge in [-0.2, -0.15) is 0 Å². The third-order valence-electron chi connectivity index (χ3n) is 4.78. The fraction of sp³-hybridized carbons (Fsp3) is 0.700. The molecular weight excluding hydrogens is 270 g/mol. The van der Waals surface area contributed by atoms with Crippen molar-refractivity contribution in [2.75, 3.05) is 13.2 Å². The van der Waals surface area contributed by atoms with Crippen LogP contribution in [0, 0.1) is 11.8 Å². The highest BCUT2D eigenvalue weighted by atomic mass is 16.5. The van der Waals surface area contributed by atoms with Crippen LogP contribution in [0.2, 0.25) is 0 Å². The van der Waals surface area contributed by atoms with Gasteiger partial charge in [-0.3, -0.25) is 0 Å². The van der Waals surface area contributed by atoms with E-state index in [1.807, 2.05) is 0 Å². The van der Waals surface area contributed by atoms with E-state index in [9.17, 15) is 0 Å². The van der Waals surface area contributed by atoms with Gasteiger partial charge in [0.25, 0.3) is 0 Å². The molecule has 1 aliphatic carbocycles. The zero-order chi connectivity index (χ0) is 15.8. The van der Waals surface area contributed by atoms with Gasteiger partial charge in [0.15, 0.2) is 0 Å². The topological polar surface area (TPSA) is 21.3 Å². The quantitative estimate of drug-likeness (QED) is 0.699. The zero-order valence-electron chi connectivity index (χ0n) is 14.6. The Morgan fingerprint density at radius 2 is 1.73 bits per heavy atom. The van der Waals surface area contributed by atoms with Crippen LogP contribution >= 0.6 is 0 Å². The molecule has 2 heteroatoms. The molecule has 1 atom stereocenters. The molecule has 1 unspecified atom stereocenters. The van der Waals surface area contributed by atoms with Crippen molar-refractivity contribution >= 4 is 0 Å². The van der Waals surface area contributed by atoms with Crippen LogP contribution in [0.1, 0.15) is 70.9 Å². The summed E-state index contributed by atoms with van der Waals surface area (Å²) in [6.45, 7) is 8.69. The molecule has 1 N–H and O–H groups in total. The van der Waals surface area contributed by atoms with Crippen LogP contribution in [0.25, 0.3) is 0 Å². The van der Waals surface area contributed by atoms with Crippen molar-refractivity contribution in [1.29, 1.82) is 0 Å². The first-order valence-electron chi connectivity index (χ1n) is 9.11. The van der Waals surface area contributed by atoms with Crippen LogP contribution in [0.15, 0.2) is 24.3 Å². The lowest BCUT2D eigenvalue weighted by Crippen LogP contribution is -2.27. The third kappa shape index (κ3) is 6.00. The van der Waals surface area contributed by atoms with Crippen LogP contribution in [-0.2, 0) is 0 Å². The minimum Gasteiger partial charge on any atom is -0.494 e. The minimum absolute atomic E-state index is 0.423. The number of hydrogen-bond acceptors (Lipinski definition) is 2. The molecule has 1 aromatic carbocycles. The summed E-state index contributed by atoms with van der Waals surface area (Å²) < 4.78 is 5.79. The summed E-state index contributed by atoms with van der Waals surface area (Å²) in [6, 6.07) is 9.03. The van der Waals surface area contributed by atoms with Gasteiger partial charge >= 0.3 is 0 Å². The minimum atomic E-state index is 0.423. The van der Waals surface area contributed by atoms with E-state index in [4.69, 9.17) is 4.74 Å². The Bertz CT molecular complexity index is 406. The Balaban J connectivity index is 1.73. The molecule has 0 amide bonds. The number of ether oxygens (including phenoxy) is 1. The van der Waals surface area contributed by atoms with Gasteiger partial charge in [0.2, 0.25) is 0 Å². The summed E-state index contributed by atoms with van der Waals surface area (Å²) >= 11 is 0. The van der Waals surface area contributed by atoms with Gasteiger partial charge in [0, 0.05) is 6.04 Å². The van der Waals surface area contributed by atoms with E-state index in [1.54, 1.807) is 0 Å². The van der Waals surface area contributed by atoms with Crippen LogP contribution in [-0.4, -0.2) is 13.2 Å². The van der Waals surface area contributed by atoms with Crippen molar-refractivity contribution in [2.24, 2.45) is 11.8 Å². The highest BCUT2D eigenvalue weighted by molar-refractivity contribution is 5.28. The summed E-state index contributed by atoms with van der Waals surface area (Å²) in [5.74, 6) is 2.57. The Hall–Kier alpha value is -1.02. The molecule has 0 radical (unpaired) electrons. The smallest absolute Gasteiger partial charge is 0.119 e. The van der Waals surface area contributed by atoms with E-state index in [0.717, 1.165) is 31.2 Å². The third-order valence-corrected chi connectivity index (χ3v) is 4.78. The summed E-state index contributed by atoms with van der Waals surface area (Å²) in [4.78, 5) is 0. The maximum absolute atomic E-state index is 5.79. The first-order chi connectivity index (χ1) is 10.6. The van der Waals surface area contributed by atoms with Crippen molar-refractivity contribution in [3.8, 4) is 5.75 Å². The molecule has 124 valence electrons. The van der Waals surface area contributed by atoms with Crippen molar-refractivity contribution < 1.29 is 4.74 Å². The monoisotopic (exact) mass is 303 g/mol. The van der Waals surface area contributed by atoms with Gasteiger partial charge in [-0.15, -0.1) is 0 Å². The van der Waals surface area contributed by atoms with E-state index in [-0.39, 0.29) is 0 Å². The van der Waals surface area contributed by atoms with Gasteiger partial charge in [0.1, 0.15) is 5.75 Å². The molecule has 1 fully saturated rings. The molecule has 2 nitrogen and oxygen atoms in total. The molecule has 0 spiro atoms. The largest absolute Gasteiger partial charge is 0.494 e. The molecule has 0 saturated heterocycles. The Kier molecular flexibility index (Phi) is 7.24. The van der Waals surface area contributed by atoms with Crippen LogP contribution in [0.4, 0.5) is 0 Å². The molecular formula is C20H33NO. The van der Waals surface area contributed by atoms with E-state index < -0.39 is 0 Å². The van der Waals surface area contributed by atoms with E-state index >= 15 is 0 Å². The van der Waals surface area contributed by atoms with Crippen LogP contribution in [0.5, 0.6) is 5.75 Å². The lowest BCUT2D eigenvalue weighted by Gasteiger charge is -2.24. The zero-order valence-corrected chi connectivity index (χ0v) is 14.6. The number of hydrogen-bond donors (Lipinski definition) is 1. The van der Waals surface area contributed by atoms with Gasteiger partial charge in [-0.05, 0) is 62.3 Å². The Morgan fingerprint density at radius 1 is 1.05 bits per heavy atom. The maximum atomic E-state index is 5.79. The fourth-order valence-electron chi connectivity index (χ4n) is 3.12. The number of benzene rings is 1. The molecule has 0 aromatic heterocycles. The standard InChI is InChI=1S/C20H33NO/c1-16(2)13-14-22-20-11-9-19(10-12-20)17(3)21-15-18-7-5-4-6-8-18/h9-12,16-18,21H,4-8,13-15H2,1-3H3. The first kappa shape index (κ1) is 17.3. The average Bonchev–Trinajstić information content (AvgIpc) is 2.54. The van der Waals surface area contributed by atoms with Gasteiger partial charge in [-0.1, -0.05) is 45.2 Å². The highest BCUT2D eigenvalue weighted by Gasteiger charge is 2.14.